The summed E-state index contributed by atoms with van der Waals surface area (Å²) in [5.74, 6) is -0.184. The molecule has 1 amide bonds. The van der Waals surface area contributed by atoms with Crippen LogP contribution in [0, 0.1) is 5.82 Å². The summed E-state index contributed by atoms with van der Waals surface area (Å²) in [6.45, 7) is 0. The number of carbonyl (C=O) groups is 1. The van der Waals surface area contributed by atoms with Crippen LogP contribution in [0.2, 0.25) is 0 Å². The van der Waals surface area contributed by atoms with Gasteiger partial charge in [-0.3, -0.25) is 4.79 Å². The Hall–Kier alpha value is -1.13. The van der Waals surface area contributed by atoms with Gasteiger partial charge in [0.15, 0.2) is 0 Å². The van der Waals surface area contributed by atoms with Crippen LogP contribution in [0.25, 0.3) is 0 Å². The second kappa shape index (κ2) is 7.63. The summed E-state index contributed by atoms with van der Waals surface area (Å²) in [4.78, 5) is 13.0. The maximum Gasteiger partial charge on any atom is 0.230 e. The van der Waals surface area contributed by atoms with Crippen LogP contribution in [0.4, 0.5) is 4.39 Å². The number of benzene rings is 1. The number of amides is 1. The van der Waals surface area contributed by atoms with Crippen LogP contribution in [0.15, 0.2) is 24.3 Å². The minimum absolute atomic E-state index is 0. The molecule has 128 valence electrons. The number of carbonyl (C=O) groups excluding carboxylic acids is 1. The van der Waals surface area contributed by atoms with Crippen molar-refractivity contribution in [1.29, 1.82) is 0 Å². The third-order valence-electron chi connectivity index (χ3n) is 5.38. The zero-order chi connectivity index (χ0) is 15.6. The first-order valence-electron chi connectivity index (χ1n) is 8.43. The SMILES string of the molecule is Cl.NC1CCC(NC(=O)C2(c3cccc(F)c3)CCCC2)CC1. The van der Waals surface area contributed by atoms with Gasteiger partial charge in [0.25, 0.3) is 0 Å². The van der Waals surface area contributed by atoms with Crippen molar-refractivity contribution in [3.8, 4) is 0 Å². The lowest BCUT2D eigenvalue weighted by Gasteiger charge is -2.33. The Morgan fingerprint density at radius 2 is 1.83 bits per heavy atom. The predicted octanol–water partition coefficient (Wildman–Crippen LogP) is 3.45. The third kappa shape index (κ3) is 3.86. The fourth-order valence-electron chi connectivity index (χ4n) is 4.00. The van der Waals surface area contributed by atoms with Crippen LogP contribution >= 0.6 is 12.4 Å². The number of nitrogens with two attached hydrogens (primary N) is 1. The Morgan fingerprint density at radius 3 is 2.43 bits per heavy atom. The average molecular weight is 341 g/mol. The van der Waals surface area contributed by atoms with E-state index in [9.17, 15) is 9.18 Å². The van der Waals surface area contributed by atoms with E-state index in [2.05, 4.69) is 5.32 Å². The zero-order valence-electron chi connectivity index (χ0n) is 13.4. The number of halogens is 2. The lowest BCUT2D eigenvalue weighted by Crippen LogP contribution is -2.48. The fourth-order valence-corrected chi connectivity index (χ4v) is 4.00. The van der Waals surface area contributed by atoms with Gasteiger partial charge < -0.3 is 11.1 Å². The molecule has 2 aliphatic rings. The van der Waals surface area contributed by atoms with E-state index in [1.807, 2.05) is 6.07 Å². The van der Waals surface area contributed by atoms with Gasteiger partial charge in [-0.05, 0) is 56.2 Å². The molecule has 0 aromatic heterocycles. The van der Waals surface area contributed by atoms with E-state index in [-0.39, 0.29) is 36.2 Å². The van der Waals surface area contributed by atoms with Crippen molar-refractivity contribution in [2.45, 2.75) is 68.9 Å². The van der Waals surface area contributed by atoms with E-state index in [0.29, 0.717) is 0 Å². The molecule has 0 unspecified atom stereocenters. The Morgan fingerprint density at radius 1 is 1.17 bits per heavy atom. The smallest absolute Gasteiger partial charge is 0.230 e. The molecule has 23 heavy (non-hydrogen) atoms. The first kappa shape index (κ1) is 18.2. The van der Waals surface area contributed by atoms with E-state index in [0.717, 1.165) is 56.9 Å². The highest BCUT2D eigenvalue weighted by Gasteiger charge is 2.43. The van der Waals surface area contributed by atoms with Crippen LogP contribution in [0.3, 0.4) is 0 Å². The Bertz CT molecular complexity index is 538. The molecule has 0 radical (unpaired) electrons. The Labute approximate surface area is 143 Å². The normalized spacial score (nSPS) is 26.3. The molecular formula is C18H26ClFN2O. The van der Waals surface area contributed by atoms with Gasteiger partial charge in [0.2, 0.25) is 5.91 Å². The minimum Gasteiger partial charge on any atom is -0.353 e. The summed E-state index contributed by atoms with van der Waals surface area (Å²) in [7, 11) is 0. The molecule has 2 fully saturated rings. The maximum atomic E-state index is 13.6. The summed E-state index contributed by atoms with van der Waals surface area (Å²) in [5.41, 5.74) is 6.22. The molecule has 2 saturated carbocycles. The first-order chi connectivity index (χ1) is 10.6. The lowest BCUT2D eigenvalue weighted by molar-refractivity contribution is -0.127. The topological polar surface area (TPSA) is 55.1 Å². The van der Waals surface area contributed by atoms with E-state index in [1.54, 1.807) is 6.07 Å². The van der Waals surface area contributed by atoms with Crippen LogP contribution in [-0.4, -0.2) is 18.0 Å². The average Bonchev–Trinajstić information content (AvgIpc) is 3.00. The predicted molar refractivity (Wildman–Crippen MR) is 92.2 cm³/mol. The standard InChI is InChI=1S/C18H25FN2O.ClH/c19-14-5-3-4-13(12-14)18(10-1-2-11-18)17(22)21-16-8-6-15(20)7-9-16;/h3-5,12,15-16H,1-2,6-11,20H2,(H,21,22);1H. The summed E-state index contributed by atoms with van der Waals surface area (Å²) in [6, 6.07) is 7.06. The highest BCUT2D eigenvalue weighted by Crippen LogP contribution is 2.41. The van der Waals surface area contributed by atoms with E-state index in [1.165, 1.54) is 12.1 Å². The monoisotopic (exact) mass is 340 g/mol. The van der Waals surface area contributed by atoms with Crippen LogP contribution in [-0.2, 0) is 10.2 Å². The molecular weight excluding hydrogens is 315 g/mol. The molecule has 3 N–H and O–H groups in total. The molecule has 0 saturated heterocycles. The fraction of sp³-hybridized carbons (Fsp3) is 0.611. The van der Waals surface area contributed by atoms with Crippen molar-refractivity contribution < 1.29 is 9.18 Å². The second-order valence-corrected chi connectivity index (χ2v) is 6.88. The highest BCUT2D eigenvalue weighted by molar-refractivity contribution is 5.88. The molecule has 0 spiro atoms. The summed E-state index contributed by atoms with van der Waals surface area (Å²) in [6.07, 6.45) is 7.52. The molecule has 0 bridgehead atoms. The van der Waals surface area contributed by atoms with Crippen molar-refractivity contribution in [3.05, 3.63) is 35.6 Å². The maximum absolute atomic E-state index is 13.6. The molecule has 1 aromatic carbocycles. The van der Waals surface area contributed by atoms with Gasteiger partial charge in [0.1, 0.15) is 5.82 Å². The van der Waals surface area contributed by atoms with Crippen LogP contribution < -0.4 is 11.1 Å². The first-order valence-corrected chi connectivity index (χ1v) is 8.43. The Balaban J connectivity index is 0.00000192. The Kier molecular flexibility index (Phi) is 6.04. The zero-order valence-corrected chi connectivity index (χ0v) is 14.2. The molecule has 5 heteroatoms. The molecule has 3 nitrogen and oxygen atoms in total. The summed E-state index contributed by atoms with van der Waals surface area (Å²) >= 11 is 0. The number of rotatable bonds is 3. The van der Waals surface area contributed by atoms with Gasteiger partial charge in [-0.25, -0.2) is 4.39 Å². The van der Waals surface area contributed by atoms with Crippen molar-refractivity contribution in [3.63, 3.8) is 0 Å². The third-order valence-corrected chi connectivity index (χ3v) is 5.38. The molecule has 0 atom stereocenters. The van der Waals surface area contributed by atoms with Crippen LogP contribution in [0.1, 0.15) is 56.9 Å². The van der Waals surface area contributed by atoms with Gasteiger partial charge in [-0.15, -0.1) is 12.4 Å². The van der Waals surface area contributed by atoms with Gasteiger partial charge >= 0.3 is 0 Å². The van der Waals surface area contributed by atoms with Crippen molar-refractivity contribution in [1.82, 2.24) is 5.32 Å². The summed E-state index contributed by atoms with van der Waals surface area (Å²) in [5, 5.41) is 3.22. The van der Waals surface area contributed by atoms with Gasteiger partial charge in [-0.1, -0.05) is 25.0 Å². The van der Waals surface area contributed by atoms with E-state index >= 15 is 0 Å². The minimum atomic E-state index is -0.540. The number of nitrogens with one attached hydrogen (secondary N) is 1. The highest BCUT2D eigenvalue weighted by atomic mass is 35.5. The van der Waals surface area contributed by atoms with Crippen molar-refractivity contribution in [2.24, 2.45) is 5.73 Å². The molecule has 0 heterocycles. The van der Waals surface area contributed by atoms with Crippen LogP contribution in [0.5, 0.6) is 0 Å². The molecule has 3 rings (SSSR count). The molecule has 2 aliphatic carbocycles. The lowest BCUT2D eigenvalue weighted by atomic mass is 9.77. The van der Waals surface area contributed by atoms with Gasteiger partial charge in [0, 0.05) is 12.1 Å². The van der Waals surface area contributed by atoms with Gasteiger partial charge in [0.05, 0.1) is 5.41 Å². The molecule has 0 aliphatic heterocycles. The second-order valence-electron chi connectivity index (χ2n) is 6.88. The quantitative estimate of drug-likeness (QED) is 0.885. The van der Waals surface area contributed by atoms with E-state index in [4.69, 9.17) is 5.73 Å². The molecule has 1 aromatic rings. The number of hydrogen-bond donors (Lipinski definition) is 2. The number of hydrogen-bond acceptors (Lipinski definition) is 2. The summed E-state index contributed by atoms with van der Waals surface area (Å²) < 4.78 is 13.6. The van der Waals surface area contributed by atoms with Gasteiger partial charge in [-0.2, -0.15) is 0 Å². The largest absolute Gasteiger partial charge is 0.353 e. The van der Waals surface area contributed by atoms with Crippen molar-refractivity contribution >= 4 is 18.3 Å². The van der Waals surface area contributed by atoms with Crippen molar-refractivity contribution in [2.75, 3.05) is 0 Å². The van der Waals surface area contributed by atoms with E-state index < -0.39 is 5.41 Å².